The summed E-state index contributed by atoms with van der Waals surface area (Å²) < 4.78 is 18.7. The van der Waals surface area contributed by atoms with Crippen LogP contribution in [0, 0.1) is 33.8 Å². The zero-order valence-corrected chi connectivity index (χ0v) is 20.2. The van der Waals surface area contributed by atoms with Gasteiger partial charge in [0.1, 0.15) is 5.69 Å². The minimum absolute atomic E-state index is 0.0386. The molecule has 2 amide bonds. The Labute approximate surface area is 203 Å². The average molecular weight is 492 g/mol. The summed E-state index contributed by atoms with van der Waals surface area (Å²) >= 11 is 0. The maximum atomic E-state index is 12.2. The first-order valence-corrected chi connectivity index (χ1v) is 12.3. The van der Waals surface area contributed by atoms with Crippen LogP contribution in [-0.4, -0.2) is 48.1 Å². The Morgan fingerprint density at radius 2 is 2.00 bits per heavy atom. The first-order valence-electron chi connectivity index (χ1n) is 12.3. The third-order valence-electron chi connectivity index (χ3n) is 8.12. The minimum Gasteiger partial charge on any atom is -0.350 e. The molecule has 1 spiro atoms. The lowest BCUT2D eigenvalue weighted by atomic mass is 9.58. The van der Waals surface area contributed by atoms with Crippen LogP contribution in [-0.2, 0) is 24.0 Å². The Morgan fingerprint density at radius 3 is 2.80 bits per heavy atom. The molecular weight excluding hydrogens is 458 g/mol. The van der Waals surface area contributed by atoms with Crippen LogP contribution in [0.2, 0.25) is 0 Å². The highest BCUT2D eigenvalue weighted by atomic mass is 17.3. The number of nitro benzene ring substituents is 1. The monoisotopic (exact) mass is 491 g/mol. The Hall–Kier alpha value is -2.31. The topological polar surface area (TPSA) is 130 Å². The number of ether oxygens (including phenoxy) is 3. The van der Waals surface area contributed by atoms with E-state index in [2.05, 4.69) is 24.5 Å². The van der Waals surface area contributed by atoms with E-state index in [4.69, 9.17) is 24.0 Å². The number of carbonyl (C=O) groups excluding carboxylic acids is 1. The van der Waals surface area contributed by atoms with Crippen molar-refractivity contribution in [3.8, 4) is 0 Å². The molecule has 11 heteroatoms. The number of benzene rings is 1. The van der Waals surface area contributed by atoms with E-state index in [1.165, 1.54) is 12.1 Å². The molecule has 4 aliphatic heterocycles. The van der Waals surface area contributed by atoms with E-state index < -0.39 is 34.9 Å². The van der Waals surface area contributed by atoms with Crippen molar-refractivity contribution in [1.29, 1.82) is 0 Å². The lowest BCUT2D eigenvalue weighted by Crippen LogP contribution is -2.70. The number of rotatable bonds is 6. The molecule has 1 aromatic carbocycles. The van der Waals surface area contributed by atoms with Crippen LogP contribution >= 0.6 is 0 Å². The van der Waals surface area contributed by atoms with E-state index in [1.54, 1.807) is 12.1 Å². The largest absolute Gasteiger partial charge is 0.350 e. The van der Waals surface area contributed by atoms with Gasteiger partial charge in [-0.05, 0) is 44.1 Å². The summed E-state index contributed by atoms with van der Waals surface area (Å²) in [6, 6.07) is 5.43. The van der Waals surface area contributed by atoms with Gasteiger partial charge in [0.25, 0.3) is 5.69 Å². The number of hydrogen-bond acceptors (Lipinski definition) is 8. The number of urea groups is 1. The summed E-state index contributed by atoms with van der Waals surface area (Å²) in [4.78, 5) is 34.8. The van der Waals surface area contributed by atoms with Crippen molar-refractivity contribution in [2.24, 2.45) is 23.7 Å². The van der Waals surface area contributed by atoms with Gasteiger partial charge in [-0.1, -0.05) is 26.0 Å². The van der Waals surface area contributed by atoms with Crippen LogP contribution in [0.15, 0.2) is 24.3 Å². The fraction of sp³-hybridized carbons (Fsp3) is 0.708. The van der Waals surface area contributed by atoms with Crippen molar-refractivity contribution in [1.82, 2.24) is 5.32 Å². The highest BCUT2D eigenvalue weighted by Crippen LogP contribution is 2.60. The van der Waals surface area contributed by atoms with Gasteiger partial charge in [-0.25, -0.2) is 14.6 Å². The smallest absolute Gasteiger partial charge is 0.319 e. The van der Waals surface area contributed by atoms with Crippen molar-refractivity contribution < 1.29 is 33.7 Å². The Bertz CT molecular complexity index is 978. The van der Waals surface area contributed by atoms with Crippen molar-refractivity contribution in [2.45, 2.75) is 70.4 Å². The normalized spacial score (nSPS) is 39.9. The molecule has 0 aromatic heterocycles. The van der Waals surface area contributed by atoms with Crippen LogP contribution in [0.4, 0.5) is 16.2 Å². The lowest BCUT2D eigenvalue weighted by molar-refractivity contribution is -0.577. The highest BCUT2D eigenvalue weighted by molar-refractivity contribution is 5.91. The van der Waals surface area contributed by atoms with Gasteiger partial charge in [-0.2, -0.15) is 0 Å². The van der Waals surface area contributed by atoms with E-state index in [0.29, 0.717) is 5.92 Å². The van der Waals surface area contributed by atoms with E-state index >= 15 is 0 Å². The molecule has 4 saturated heterocycles. The quantitative estimate of drug-likeness (QED) is 0.265. The van der Waals surface area contributed by atoms with Gasteiger partial charge >= 0.3 is 6.03 Å². The van der Waals surface area contributed by atoms with Gasteiger partial charge < -0.3 is 24.8 Å². The number of nitro groups is 1. The van der Waals surface area contributed by atoms with Gasteiger partial charge in [0, 0.05) is 30.9 Å². The number of para-hydroxylation sites is 2. The molecule has 11 nitrogen and oxygen atoms in total. The van der Waals surface area contributed by atoms with E-state index in [1.807, 2.05) is 6.92 Å². The first kappa shape index (κ1) is 24.4. The van der Waals surface area contributed by atoms with E-state index in [-0.39, 0.29) is 42.3 Å². The number of carbonyl (C=O) groups is 1. The Morgan fingerprint density at radius 1 is 1.20 bits per heavy atom. The van der Waals surface area contributed by atoms with Gasteiger partial charge in [0.15, 0.2) is 18.2 Å². The molecule has 5 fully saturated rings. The lowest BCUT2D eigenvalue weighted by Gasteiger charge is -2.60. The minimum atomic E-state index is -0.845. The molecule has 8 atom stereocenters. The summed E-state index contributed by atoms with van der Waals surface area (Å²) in [6.45, 7) is 6.67. The maximum Gasteiger partial charge on any atom is 0.319 e. The number of anilines is 1. The number of amides is 2. The second-order valence-electron chi connectivity index (χ2n) is 10.3. The molecule has 35 heavy (non-hydrogen) atoms. The van der Waals surface area contributed by atoms with E-state index in [9.17, 15) is 14.9 Å². The molecule has 1 aliphatic carbocycles. The summed E-state index contributed by atoms with van der Waals surface area (Å²) in [5.41, 5.74) is -0.687. The van der Waals surface area contributed by atoms with Crippen molar-refractivity contribution in [3.63, 3.8) is 0 Å². The standard InChI is InChI=1S/C24H33N3O8/c1-14-8-9-17-15(2)20(32-21-24(17)16(14)10-11-23(3,33-21)34-35-24)31-13-12-25-22(28)26-18-6-4-5-7-19(18)27(29)30/h4-7,14-17,20-21H,8-13H2,1-3H3,(H2,25,26,28)/t14-,15-,16+,17+,20+,21-,23+,24-/m1/s1. The van der Waals surface area contributed by atoms with Crippen LogP contribution in [0.1, 0.15) is 46.5 Å². The molecule has 0 unspecified atom stereocenters. The van der Waals surface area contributed by atoms with Gasteiger partial charge in [0.2, 0.25) is 5.79 Å². The average Bonchev–Trinajstić information content (AvgIpc) is 3.06. The SMILES string of the molecule is C[C@H]1[C@@H](OCCNC(=O)Nc2ccccc2[N+](=O)[O-])O[C@@H]2O[C@]3(C)CC[C@H]4[C@H](C)CC[C@@H]1[C@@]24OO3. The molecule has 4 heterocycles. The molecule has 5 aliphatic rings. The molecular formula is C24H33N3O8. The van der Waals surface area contributed by atoms with Gasteiger partial charge in [-0.15, -0.1) is 0 Å². The summed E-state index contributed by atoms with van der Waals surface area (Å²) in [6.07, 6.45) is 2.68. The molecule has 0 radical (unpaired) electrons. The predicted octanol–water partition coefficient (Wildman–Crippen LogP) is 3.94. The molecule has 1 saturated carbocycles. The molecule has 2 bridgehead atoms. The van der Waals surface area contributed by atoms with Gasteiger partial charge in [0.05, 0.1) is 11.5 Å². The molecule has 2 N–H and O–H groups in total. The number of fused-ring (bicyclic) bond motifs is 2. The van der Waals surface area contributed by atoms with Crippen LogP contribution in [0.5, 0.6) is 0 Å². The zero-order valence-electron chi connectivity index (χ0n) is 20.2. The second-order valence-corrected chi connectivity index (χ2v) is 10.3. The third kappa shape index (κ3) is 4.29. The predicted molar refractivity (Wildman–Crippen MR) is 123 cm³/mol. The summed E-state index contributed by atoms with van der Waals surface area (Å²) in [5, 5.41) is 16.3. The van der Waals surface area contributed by atoms with Crippen molar-refractivity contribution >= 4 is 17.4 Å². The van der Waals surface area contributed by atoms with Crippen molar-refractivity contribution in [3.05, 3.63) is 34.4 Å². The fourth-order valence-corrected chi connectivity index (χ4v) is 6.31. The van der Waals surface area contributed by atoms with Gasteiger partial charge in [-0.3, -0.25) is 10.1 Å². The number of nitrogens with one attached hydrogen (secondary N) is 2. The Kier molecular flexibility index (Phi) is 6.47. The number of nitrogens with zero attached hydrogens (tertiary/aromatic N) is 1. The van der Waals surface area contributed by atoms with E-state index in [0.717, 1.165) is 25.7 Å². The second kappa shape index (κ2) is 9.29. The number of hydrogen-bond donors (Lipinski definition) is 2. The Balaban J connectivity index is 1.19. The van der Waals surface area contributed by atoms with Crippen LogP contribution < -0.4 is 10.6 Å². The van der Waals surface area contributed by atoms with Crippen molar-refractivity contribution in [2.75, 3.05) is 18.5 Å². The van der Waals surface area contributed by atoms with Crippen LogP contribution in [0.3, 0.4) is 0 Å². The fourth-order valence-electron chi connectivity index (χ4n) is 6.31. The molecule has 192 valence electrons. The third-order valence-corrected chi connectivity index (χ3v) is 8.12. The van der Waals surface area contributed by atoms with Crippen LogP contribution in [0.25, 0.3) is 0 Å². The first-order chi connectivity index (χ1) is 16.7. The highest BCUT2D eigenvalue weighted by Gasteiger charge is 2.69. The summed E-state index contributed by atoms with van der Waals surface area (Å²) in [5.74, 6) is 0.119. The molecule has 6 rings (SSSR count). The summed E-state index contributed by atoms with van der Waals surface area (Å²) in [7, 11) is 0. The zero-order chi connectivity index (χ0) is 24.8. The maximum absolute atomic E-state index is 12.2. The molecule has 1 aromatic rings.